The summed E-state index contributed by atoms with van der Waals surface area (Å²) < 4.78 is 0. The standard InChI is InChI=1S/C16H24N2OS/c1-16(2,12-5-4-10-17-11-12)15(19)18-13-6-8-14(20-3)9-7-13/h6-9,12,17H,4-5,10-11H2,1-3H3,(H,18,19). The third-order valence-electron chi connectivity index (χ3n) is 4.25. The van der Waals surface area contributed by atoms with Gasteiger partial charge in [-0.2, -0.15) is 0 Å². The molecule has 0 aliphatic carbocycles. The Hall–Kier alpha value is -1.00. The number of carbonyl (C=O) groups is 1. The molecule has 4 heteroatoms. The highest BCUT2D eigenvalue weighted by Gasteiger charge is 2.37. The number of hydrogen-bond donors (Lipinski definition) is 2. The number of benzene rings is 1. The van der Waals surface area contributed by atoms with E-state index in [2.05, 4.69) is 24.5 Å². The van der Waals surface area contributed by atoms with Gasteiger partial charge in [0.25, 0.3) is 0 Å². The van der Waals surface area contributed by atoms with Crippen molar-refractivity contribution in [3.05, 3.63) is 24.3 Å². The van der Waals surface area contributed by atoms with Gasteiger partial charge in [-0.05, 0) is 62.4 Å². The lowest BCUT2D eigenvalue weighted by atomic mass is 9.74. The van der Waals surface area contributed by atoms with Crippen LogP contribution in [0.3, 0.4) is 0 Å². The van der Waals surface area contributed by atoms with E-state index in [0.29, 0.717) is 5.92 Å². The SMILES string of the molecule is CSc1ccc(NC(=O)C(C)(C)C2CCCNC2)cc1. The molecule has 110 valence electrons. The van der Waals surface area contributed by atoms with E-state index < -0.39 is 0 Å². The molecule has 2 N–H and O–H groups in total. The van der Waals surface area contributed by atoms with Crippen LogP contribution in [0.1, 0.15) is 26.7 Å². The van der Waals surface area contributed by atoms with Crippen LogP contribution in [0.2, 0.25) is 0 Å². The van der Waals surface area contributed by atoms with E-state index >= 15 is 0 Å². The number of hydrogen-bond acceptors (Lipinski definition) is 3. The largest absolute Gasteiger partial charge is 0.326 e. The van der Waals surface area contributed by atoms with Crippen LogP contribution < -0.4 is 10.6 Å². The first-order chi connectivity index (χ1) is 9.54. The molecule has 0 bridgehead atoms. The Labute approximate surface area is 125 Å². The maximum atomic E-state index is 12.5. The molecule has 0 saturated carbocycles. The fourth-order valence-electron chi connectivity index (χ4n) is 2.62. The molecular formula is C16H24N2OS. The van der Waals surface area contributed by atoms with Crippen LogP contribution in [0.5, 0.6) is 0 Å². The topological polar surface area (TPSA) is 41.1 Å². The van der Waals surface area contributed by atoms with Gasteiger partial charge >= 0.3 is 0 Å². The minimum atomic E-state index is -0.342. The minimum Gasteiger partial charge on any atom is -0.326 e. The van der Waals surface area contributed by atoms with Gasteiger partial charge in [-0.25, -0.2) is 0 Å². The number of thioether (sulfide) groups is 1. The fraction of sp³-hybridized carbons (Fsp3) is 0.562. The van der Waals surface area contributed by atoms with Crippen molar-refractivity contribution in [3.63, 3.8) is 0 Å². The van der Waals surface area contributed by atoms with Crippen LogP contribution in [0, 0.1) is 11.3 Å². The van der Waals surface area contributed by atoms with E-state index in [4.69, 9.17) is 0 Å². The molecule has 1 heterocycles. The van der Waals surface area contributed by atoms with Crippen LogP contribution in [0.4, 0.5) is 5.69 Å². The normalized spacial score (nSPS) is 19.6. The molecule has 1 saturated heterocycles. The average Bonchev–Trinajstić information content (AvgIpc) is 2.49. The zero-order chi connectivity index (χ0) is 14.6. The summed E-state index contributed by atoms with van der Waals surface area (Å²) in [4.78, 5) is 13.8. The third-order valence-corrected chi connectivity index (χ3v) is 4.99. The van der Waals surface area contributed by atoms with Gasteiger partial charge in [0.1, 0.15) is 0 Å². The van der Waals surface area contributed by atoms with E-state index in [1.807, 2.05) is 30.5 Å². The van der Waals surface area contributed by atoms with Gasteiger partial charge in [-0.15, -0.1) is 11.8 Å². The van der Waals surface area contributed by atoms with Crippen LogP contribution in [-0.2, 0) is 4.79 Å². The second-order valence-electron chi connectivity index (χ2n) is 5.95. The summed E-state index contributed by atoms with van der Waals surface area (Å²) >= 11 is 1.70. The number of piperidine rings is 1. The predicted octanol–water partition coefficient (Wildman–Crippen LogP) is 3.37. The van der Waals surface area contributed by atoms with Crippen molar-refractivity contribution >= 4 is 23.4 Å². The first kappa shape index (κ1) is 15.4. The Morgan fingerprint density at radius 3 is 2.60 bits per heavy atom. The molecular weight excluding hydrogens is 268 g/mol. The molecule has 20 heavy (non-hydrogen) atoms. The number of rotatable bonds is 4. The van der Waals surface area contributed by atoms with Gasteiger partial charge in [0, 0.05) is 16.0 Å². The molecule has 1 amide bonds. The quantitative estimate of drug-likeness (QED) is 0.836. The highest BCUT2D eigenvalue weighted by molar-refractivity contribution is 7.98. The molecule has 0 spiro atoms. The van der Waals surface area contributed by atoms with Crippen molar-refractivity contribution in [1.29, 1.82) is 0 Å². The van der Waals surface area contributed by atoms with E-state index in [1.54, 1.807) is 11.8 Å². The maximum absolute atomic E-state index is 12.5. The molecule has 1 unspecified atom stereocenters. The van der Waals surface area contributed by atoms with Crippen molar-refractivity contribution in [2.24, 2.45) is 11.3 Å². The summed E-state index contributed by atoms with van der Waals surface area (Å²) in [7, 11) is 0. The Bertz CT molecular complexity index is 450. The van der Waals surface area contributed by atoms with Gasteiger partial charge in [-0.3, -0.25) is 4.79 Å². The van der Waals surface area contributed by atoms with Crippen LogP contribution >= 0.6 is 11.8 Å². The molecule has 1 aliphatic heterocycles. The number of nitrogens with one attached hydrogen (secondary N) is 2. The zero-order valence-corrected chi connectivity index (χ0v) is 13.3. The first-order valence-electron chi connectivity index (χ1n) is 7.20. The van der Waals surface area contributed by atoms with Gasteiger partial charge in [0.15, 0.2) is 0 Å². The van der Waals surface area contributed by atoms with Gasteiger partial charge in [0.05, 0.1) is 0 Å². The smallest absolute Gasteiger partial charge is 0.230 e. The molecule has 1 aromatic rings. The Kier molecular flexibility index (Phi) is 5.11. The third kappa shape index (κ3) is 3.55. The van der Waals surface area contributed by atoms with Crippen molar-refractivity contribution in [3.8, 4) is 0 Å². The molecule has 0 aromatic heterocycles. The molecule has 3 nitrogen and oxygen atoms in total. The molecule has 1 aliphatic rings. The van der Waals surface area contributed by atoms with Crippen LogP contribution in [0.25, 0.3) is 0 Å². The Morgan fingerprint density at radius 1 is 1.35 bits per heavy atom. The van der Waals surface area contributed by atoms with Gasteiger partial charge < -0.3 is 10.6 Å². The minimum absolute atomic E-state index is 0.114. The lowest BCUT2D eigenvalue weighted by Crippen LogP contribution is -2.44. The summed E-state index contributed by atoms with van der Waals surface area (Å²) in [6.45, 7) is 6.11. The zero-order valence-electron chi connectivity index (χ0n) is 12.5. The molecule has 0 radical (unpaired) electrons. The maximum Gasteiger partial charge on any atom is 0.230 e. The fourth-order valence-corrected chi connectivity index (χ4v) is 3.03. The second kappa shape index (κ2) is 6.64. The van der Waals surface area contributed by atoms with E-state index in [-0.39, 0.29) is 11.3 Å². The van der Waals surface area contributed by atoms with Crippen molar-refractivity contribution in [2.45, 2.75) is 31.6 Å². The molecule has 2 rings (SSSR count). The average molecular weight is 292 g/mol. The monoisotopic (exact) mass is 292 g/mol. The van der Waals surface area contributed by atoms with E-state index in [0.717, 1.165) is 31.6 Å². The number of amides is 1. The highest BCUT2D eigenvalue weighted by Crippen LogP contribution is 2.33. The van der Waals surface area contributed by atoms with Crippen molar-refractivity contribution < 1.29 is 4.79 Å². The van der Waals surface area contributed by atoms with Crippen molar-refractivity contribution in [1.82, 2.24) is 5.32 Å². The van der Waals surface area contributed by atoms with Crippen LogP contribution in [-0.4, -0.2) is 25.3 Å². The summed E-state index contributed by atoms with van der Waals surface area (Å²) in [5.74, 6) is 0.518. The van der Waals surface area contributed by atoms with E-state index in [9.17, 15) is 4.79 Å². The number of carbonyl (C=O) groups excluding carboxylic acids is 1. The van der Waals surface area contributed by atoms with Gasteiger partial charge in [-0.1, -0.05) is 13.8 Å². The highest BCUT2D eigenvalue weighted by atomic mass is 32.2. The summed E-state index contributed by atoms with van der Waals surface area (Å²) in [5.41, 5.74) is 0.538. The number of anilines is 1. The Balaban J connectivity index is 2.01. The van der Waals surface area contributed by atoms with Gasteiger partial charge in [0.2, 0.25) is 5.91 Å². The van der Waals surface area contributed by atoms with Crippen LogP contribution in [0.15, 0.2) is 29.2 Å². The van der Waals surface area contributed by atoms with Crippen molar-refractivity contribution in [2.75, 3.05) is 24.7 Å². The summed E-state index contributed by atoms with van der Waals surface area (Å²) in [6.07, 6.45) is 4.33. The lowest BCUT2D eigenvalue weighted by Gasteiger charge is -2.36. The second-order valence-corrected chi connectivity index (χ2v) is 6.83. The summed E-state index contributed by atoms with van der Waals surface area (Å²) in [6, 6.07) is 8.02. The summed E-state index contributed by atoms with van der Waals surface area (Å²) in [5, 5.41) is 6.45. The Morgan fingerprint density at radius 2 is 2.05 bits per heavy atom. The molecule has 1 fully saturated rings. The predicted molar refractivity (Wildman–Crippen MR) is 86.2 cm³/mol. The lowest BCUT2D eigenvalue weighted by molar-refractivity contribution is -0.127. The van der Waals surface area contributed by atoms with E-state index in [1.165, 1.54) is 4.90 Å². The molecule has 1 atom stereocenters. The molecule has 1 aromatic carbocycles. The first-order valence-corrected chi connectivity index (χ1v) is 8.42.